The number of nitrogens with one attached hydrogen (secondary N) is 1. The van der Waals surface area contributed by atoms with Crippen LogP contribution in [0.2, 0.25) is 5.02 Å². The molecule has 1 aromatic heterocycles. The maximum atomic E-state index is 10.3. The molecule has 0 radical (unpaired) electrons. The zero-order valence-corrected chi connectivity index (χ0v) is 16.1. The van der Waals surface area contributed by atoms with E-state index in [1.165, 1.54) is 0 Å². The number of pyridine rings is 1. The molecule has 0 aliphatic carbocycles. The van der Waals surface area contributed by atoms with Gasteiger partial charge in [0.2, 0.25) is 0 Å². The van der Waals surface area contributed by atoms with Crippen LogP contribution < -0.4 is 5.32 Å². The second kappa shape index (κ2) is 7.94. The van der Waals surface area contributed by atoms with Gasteiger partial charge in [0.25, 0.3) is 0 Å². The van der Waals surface area contributed by atoms with Gasteiger partial charge in [-0.1, -0.05) is 18.5 Å². The lowest BCUT2D eigenvalue weighted by Gasteiger charge is -2.25. The molecule has 0 saturated heterocycles. The number of fused-ring (bicyclic) bond motifs is 1. The van der Waals surface area contributed by atoms with Crippen molar-refractivity contribution >= 4 is 33.9 Å². The topological polar surface area (TPSA) is 48.4 Å². The quantitative estimate of drug-likeness (QED) is 0.558. The van der Waals surface area contributed by atoms with Gasteiger partial charge in [0.15, 0.2) is 0 Å². The van der Waals surface area contributed by atoms with Gasteiger partial charge in [-0.3, -0.25) is 9.88 Å². The number of benzene rings is 2. The van der Waals surface area contributed by atoms with Crippen molar-refractivity contribution in [1.82, 2.24) is 9.88 Å². The molecule has 136 valence electrons. The first-order valence-electron chi connectivity index (χ1n) is 8.85. The minimum Gasteiger partial charge on any atom is -0.508 e. The Morgan fingerprint density at radius 1 is 1.15 bits per heavy atom. The average molecular weight is 370 g/mol. The molecule has 0 spiro atoms. The zero-order chi connectivity index (χ0) is 18.7. The van der Waals surface area contributed by atoms with E-state index in [1.54, 1.807) is 12.3 Å². The number of aromatic nitrogens is 1. The van der Waals surface area contributed by atoms with Crippen LogP contribution in [-0.2, 0) is 6.54 Å². The van der Waals surface area contributed by atoms with Gasteiger partial charge in [0, 0.05) is 46.1 Å². The summed E-state index contributed by atoms with van der Waals surface area (Å²) in [5.74, 6) is 0.320. The largest absolute Gasteiger partial charge is 0.508 e. The summed E-state index contributed by atoms with van der Waals surface area (Å²) in [6.45, 7) is 8.11. The van der Waals surface area contributed by atoms with Crippen molar-refractivity contribution in [2.45, 2.75) is 33.4 Å². The van der Waals surface area contributed by atoms with Crippen molar-refractivity contribution in [3.63, 3.8) is 0 Å². The fourth-order valence-corrected chi connectivity index (χ4v) is 3.22. The molecule has 4 nitrogen and oxygen atoms in total. The number of aromatic hydroxyl groups is 1. The highest BCUT2D eigenvalue weighted by Gasteiger charge is 2.12. The SMILES string of the molecule is CCN(Cc1cc(Nc2ccnc3cc(Cl)ccc23)ccc1O)C(C)C. The smallest absolute Gasteiger partial charge is 0.120 e. The number of anilines is 2. The van der Waals surface area contributed by atoms with E-state index in [0.717, 1.165) is 34.4 Å². The van der Waals surface area contributed by atoms with E-state index < -0.39 is 0 Å². The monoisotopic (exact) mass is 369 g/mol. The zero-order valence-electron chi connectivity index (χ0n) is 15.3. The van der Waals surface area contributed by atoms with E-state index >= 15 is 0 Å². The van der Waals surface area contributed by atoms with E-state index in [2.05, 4.69) is 36.0 Å². The van der Waals surface area contributed by atoms with E-state index in [-0.39, 0.29) is 0 Å². The van der Waals surface area contributed by atoms with Crippen LogP contribution in [0.25, 0.3) is 10.9 Å². The van der Waals surface area contributed by atoms with E-state index in [1.807, 2.05) is 36.4 Å². The predicted octanol–water partition coefficient (Wildman–Crippen LogP) is 5.57. The molecule has 3 rings (SSSR count). The van der Waals surface area contributed by atoms with Gasteiger partial charge in [0.1, 0.15) is 5.75 Å². The Bertz CT molecular complexity index is 911. The first-order chi connectivity index (χ1) is 12.5. The Hall–Kier alpha value is -2.30. The first-order valence-corrected chi connectivity index (χ1v) is 9.23. The lowest BCUT2D eigenvalue weighted by molar-refractivity contribution is 0.222. The minimum atomic E-state index is 0.320. The number of hydrogen-bond donors (Lipinski definition) is 2. The van der Waals surface area contributed by atoms with Crippen molar-refractivity contribution in [1.29, 1.82) is 0 Å². The Morgan fingerprint density at radius 3 is 2.69 bits per heavy atom. The van der Waals surface area contributed by atoms with Crippen LogP contribution in [0.15, 0.2) is 48.7 Å². The summed E-state index contributed by atoms with van der Waals surface area (Å²) in [5, 5.41) is 15.4. The van der Waals surface area contributed by atoms with Crippen LogP contribution >= 0.6 is 11.6 Å². The normalized spacial score (nSPS) is 11.5. The Labute approximate surface area is 159 Å². The maximum Gasteiger partial charge on any atom is 0.120 e. The highest BCUT2D eigenvalue weighted by atomic mass is 35.5. The van der Waals surface area contributed by atoms with Crippen molar-refractivity contribution in [2.75, 3.05) is 11.9 Å². The maximum absolute atomic E-state index is 10.3. The van der Waals surface area contributed by atoms with Crippen LogP contribution in [-0.4, -0.2) is 27.6 Å². The number of phenols is 1. The highest BCUT2D eigenvalue weighted by Crippen LogP contribution is 2.29. The van der Waals surface area contributed by atoms with Gasteiger partial charge in [-0.2, -0.15) is 0 Å². The average Bonchev–Trinajstić information content (AvgIpc) is 2.61. The van der Waals surface area contributed by atoms with Gasteiger partial charge < -0.3 is 10.4 Å². The molecule has 0 atom stereocenters. The Kier molecular flexibility index (Phi) is 5.64. The molecule has 5 heteroatoms. The van der Waals surface area contributed by atoms with Gasteiger partial charge in [0.05, 0.1) is 5.52 Å². The first kappa shape index (κ1) is 18.5. The van der Waals surface area contributed by atoms with E-state index in [4.69, 9.17) is 11.6 Å². The lowest BCUT2D eigenvalue weighted by Crippen LogP contribution is -2.29. The number of phenolic OH excluding ortho intramolecular Hbond substituents is 1. The summed E-state index contributed by atoms with van der Waals surface area (Å²) < 4.78 is 0. The summed E-state index contributed by atoms with van der Waals surface area (Å²) in [6.07, 6.45) is 1.76. The number of nitrogens with zero attached hydrogens (tertiary/aromatic N) is 2. The summed E-state index contributed by atoms with van der Waals surface area (Å²) in [7, 11) is 0. The third-order valence-corrected chi connectivity index (χ3v) is 4.81. The van der Waals surface area contributed by atoms with Crippen LogP contribution in [0.5, 0.6) is 5.75 Å². The van der Waals surface area contributed by atoms with Crippen molar-refractivity contribution in [3.8, 4) is 5.75 Å². The predicted molar refractivity (Wildman–Crippen MR) is 109 cm³/mol. The van der Waals surface area contributed by atoms with Crippen molar-refractivity contribution in [3.05, 3.63) is 59.2 Å². The van der Waals surface area contributed by atoms with Gasteiger partial charge >= 0.3 is 0 Å². The summed E-state index contributed by atoms with van der Waals surface area (Å²) in [6, 6.07) is 13.7. The molecule has 2 aromatic carbocycles. The number of halogens is 1. The molecular weight excluding hydrogens is 346 g/mol. The Balaban J connectivity index is 1.90. The van der Waals surface area contributed by atoms with Gasteiger partial charge in [-0.05, 0) is 62.9 Å². The molecule has 0 amide bonds. The summed E-state index contributed by atoms with van der Waals surface area (Å²) >= 11 is 6.06. The molecule has 0 saturated carbocycles. The van der Waals surface area contributed by atoms with Crippen LogP contribution in [0.1, 0.15) is 26.3 Å². The standard InChI is InChI=1S/C21H24ClN3O/c1-4-25(14(2)3)13-15-11-17(6-8-21(15)26)24-19-9-10-23-20-12-16(22)5-7-18(19)20/h5-12,14,26H,4,13H2,1-3H3,(H,23,24). The number of hydrogen-bond acceptors (Lipinski definition) is 4. The van der Waals surface area contributed by atoms with Crippen LogP contribution in [0.4, 0.5) is 11.4 Å². The van der Waals surface area contributed by atoms with Crippen molar-refractivity contribution in [2.24, 2.45) is 0 Å². The minimum absolute atomic E-state index is 0.320. The van der Waals surface area contributed by atoms with Gasteiger partial charge in [-0.25, -0.2) is 0 Å². The molecule has 0 aliphatic heterocycles. The van der Waals surface area contributed by atoms with Gasteiger partial charge in [-0.15, -0.1) is 0 Å². The number of rotatable bonds is 6. The highest BCUT2D eigenvalue weighted by molar-refractivity contribution is 6.31. The Morgan fingerprint density at radius 2 is 1.96 bits per heavy atom. The fourth-order valence-electron chi connectivity index (χ4n) is 3.05. The molecular formula is C21H24ClN3O. The molecule has 2 N–H and O–H groups in total. The fraction of sp³-hybridized carbons (Fsp3) is 0.286. The molecule has 0 fully saturated rings. The molecule has 0 aliphatic rings. The molecule has 26 heavy (non-hydrogen) atoms. The van der Waals surface area contributed by atoms with Crippen LogP contribution in [0.3, 0.4) is 0 Å². The molecule has 1 heterocycles. The van der Waals surface area contributed by atoms with Crippen molar-refractivity contribution < 1.29 is 5.11 Å². The lowest BCUT2D eigenvalue weighted by atomic mass is 10.1. The second-order valence-electron chi connectivity index (χ2n) is 6.65. The molecule has 0 unspecified atom stereocenters. The van der Waals surface area contributed by atoms with Crippen LogP contribution in [0, 0.1) is 0 Å². The molecule has 3 aromatic rings. The van der Waals surface area contributed by atoms with E-state index in [0.29, 0.717) is 23.4 Å². The summed E-state index contributed by atoms with van der Waals surface area (Å²) in [5.41, 5.74) is 3.64. The second-order valence-corrected chi connectivity index (χ2v) is 7.08. The third kappa shape index (κ3) is 4.09. The van der Waals surface area contributed by atoms with E-state index in [9.17, 15) is 5.11 Å². The molecule has 0 bridgehead atoms. The summed E-state index contributed by atoms with van der Waals surface area (Å²) in [4.78, 5) is 6.68. The third-order valence-electron chi connectivity index (χ3n) is 4.57.